The Hall–Kier alpha value is -0.302. The summed E-state index contributed by atoms with van der Waals surface area (Å²) in [5, 5.41) is 0. The van der Waals surface area contributed by atoms with Crippen molar-refractivity contribution in [3.8, 4) is 0 Å². The van der Waals surface area contributed by atoms with E-state index in [0.29, 0.717) is 0 Å². The third-order valence-electron chi connectivity index (χ3n) is 1.16. The molecule has 0 aliphatic heterocycles. The largest absolute Gasteiger partial charge is 0.353 e. The fourth-order valence-corrected chi connectivity index (χ4v) is 0.727. The molecule has 0 aliphatic rings. The number of rotatable bonds is 2. The molecule has 0 saturated heterocycles. The van der Waals surface area contributed by atoms with Crippen molar-refractivity contribution in [2.24, 2.45) is 0 Å². The molecule has 3 nitrogen and oxygen atoms in total. The maximum absolute atomic E-state index is 4.11. The molecule has 0 bridgehead atoms. The second-order valence-electron chi connectivity index (χ2n) is 2.15. The summed E-state index contributed by atoms with van der Waals surface area (Å²) >= 11 is 0. The molecule has 1 aromatic rings. The summed E-state index contributed by atoms with van der Waals surface area (Å²) in [5.74, 6) is 1.59. The van der Waals surface area contributed by atoms with Gasteiger partial charge in [0.2, 0.25) is 0 Å². The average Bonchev–Trinajstić information content (AvgIpc) is 1.88. The first-order valence-electron chi connectivity index (χ1n) is 3.40. The van der Waals surface area contributed by atoms with Crippen LogP contribution in [-0.2, 0) is 27.5 Å². The van der Waals surface area contributed by atoms with Gasteiger partial charge in [-0.2, -0.15) is 0 Å². The van der Waals surface area contributed by atoms with Crippen LogP contribution in [0.4, 0.5) is 0 Å². The second kappa shape index (κ2) is 5.36. The third-order valence-corrected chi connectivity index (χ3v) is 1.16. The fourth-order valence-electron chi connectivity index (χ4n) is 0.727. The van der Waals surface area contributed by atoms with E-state index in [2.05, 4.69) is 28.2 Å². The number of hydrogen-bond donors (Lipinski definition) is 0. The van der Waals surface area contributed by atoms with Gasteiger partial charge < -0.3 is 15.0 Å². The van der Waals surface area contributed by atoms with Crippen molar-refractivity contribution in [2.45, 2.75) is 26.7 Å². The number of aryl methyl sites for hydroxylation is 2. The molecule has 0 atom stereocenters. The third kappa shape index (κ3) is 3.56. The molecule has 4 heteroatoms. The zero-order valence-electron chi connectivity index (χ0n) is 6.66. The Kier molecular flexibility index (Phi) is 5.21. The Morgan fingerprint density at radius 2 is 2.09 bits per heavy atom. The van der Waals surface area contributed by atoms with Crippen LogP contribution in [-0.4, -0.2) is 15.0 Å². The summed E-state index contributed by atoms with van der Waals surface area (Å²) in [4.78, 5) is 11.8. The summed E-state index contributed by atoms with van der Waals surface area (Å²) in [6.45, 7) is 3.94. The molecule has 11 heavy (non-hydrogen) atoms. The Balaban J connectivity index is 0.000001000. The van der Waals surface area contributed by atoms with Crippen LogP contribution in [0.3, 0.4) is 0 Å². The first-order valence-corrected chi connectivity index (χ1v) is 3.40. The van der Waals surface area contributed by atoms with Gasteiger partial charge in [0.15, 0.2) is 0 Å². The smallest absolute Gasteiger partial charge is 0.0247 e. The van der Waals surface area contributed by atoms with Gasteiger partial charge in [-0.05, 0) is 6.42 Å². The van der Waals surface area contributed by atoms with Crippen molar-refractivity contribution in [1.29, 1.82) is 0 Å². The Bertz CT molecular complexity index is 215. The SMILES string of the molecule is CCCc1n[c-]nc(C)n1.[W]. The molecule has 0 aromatic carbocycles. The van der Waals surface area contributed by atoms with Crippen LogP contribution in [0.5, 0.6) is 0 Å². The van der Waals surface area contributed by atoms with Crippen LogP contribution in [0.15, 0.2) is 0 Å². The van der Waals surface area contributed by atoms with Crippen molar-refractivity contribution < 1.29 is 21.1 Å². The first kappa shape index (κ1) is 10.7. The van der Waals surface area contributed by atoms with Crippen LogP contribution in [0, 0.1) is 13.3 Å². The second-order valence-corrected chi connectivity index (χ2v) is 2.15. The predicted molar refractivity (Wildman–Crippen MR) is 37.4 cm³/mol. The zero-order chi connectivity index (χ0) is 7.40. The van der Waals surface area contributed by atoms with Gasteiger partial charge in [0.1, 0.15) is 0 Å². The van der Waals surface area contributed by atoms with E-state index in [1.54, 1.807) is 0 Å². The van der Waals surface area contributed by atoms with Crippen molar-refractivity contribution in [3.05, 3.63) is 18.0 Å². The van der Waals surface area contributed by atoms with E-state index in [9.17, 15) is 0 Å². The van der Waals surface area contributed by atoms with Crippen LogP contribution in [0.2, 0.25) is 0 Å². The van der Waals surface area contributed by atoms with E-state index in [1.165, 1.54) is 0 Å². The van der Waals surface area contributed by atoms with Crippen LogP contribution in [0.1, 0.15) is 25.0 Å². The summed E-state index contributed by atoms with van der Waals surface area (Å²) in [6, 6.07) is 0. The summed E-state index contributed by atoms with van der Waals surface area (Å²) < 4.78 is 0. The van der Waals surface area contributed by atoms with Gasteiger partial charge in [0, 0.05) is 39.0 Å². The van der Waals surface area contributed by atoms with Gasteiger partial charge in [-0.3, -0.25) is 0 Å². The molecular formula is C7H10N3W-. The molecule has 0 unspecified atom stereocenters. The molecule has 0 N–H and O–H groups in total. The molecule has 0 saturated carbocycles. The molecule has 60 valence electrons. The van der Waals surface area contributed by atoms with Crippen LogP contribution in [0.25, 0.3) is 0 Å². The minimum Gasteiger partial charge on any atom is -0.353 e. The molecule has 0 fully saturated rings. The standard InChI is InChI=1S/C7H10N3.W/c1-3-4-7-9-5-8-6(2)10-7;/h3-4H2,1-2H3;/q-1;. The predicted octanol–water partition coefficient (Wildman–Crippen LogP) is 0.930. The topological polar surface area (TPSA) is 38.7 Å². The van der Waals surface area contributed by atoms with Gasteiger partial charge in [-0.25, -0.2) is 0 Å². The first-order chi connectivity index (χ1) is 4.83. The maximum Gasteiger partial charge on any atom is 0.0247 e. The van der Waals surface area contributed by atoms with Gasteiger partial charge in [0.25, 0.3) is 0 Å². The number of aromatic nitrogens is 3. The maximum atomic E-state index is 4.11. The van der Waals surface area contributed by atoms with Crippen LogP contribution >= 0.6 is 0 Å². The summed E-state index contributed by atoms with van der Waals surface area (Å²) in [7, 11) is 0. The molecule has 0 aliphatic carbocycles. The van der Waals surface area contributed by atoms with Crippen molar-refractivity contribution in [1.82, 2.24) is 15.0 Å². The van der Waals surface area contributed by atoms with Crippen molar-refractivity contribution in [3.63, 3.8) is 0 Å². The van der Waals surface area contributed by atoms with E-state index in [1.807, 2.05) is 6.92 Å². The zero-order valence-corrected chi connectivity index (χ0v) is 9.60. The molecule has 0 spiro atoms. The average molecular weight is 320 g/mol. The summed E-state index contributed by atoms with van der Waals surface area (Å²) in [5.41, 5.74) is 0. The fraction of sp³-hybridized carbons (Fsp3) is 0.571. The van der Waals surface area contributed by atoms with Gasteiger partial charge in [0.05, 0.1) is 0 Å². The molecular weight excluding hydrogens is 310 g/mol. The van der Waals surface area contributed by atoms with E-state index in [0.717, 1.165) is 24.5 Å². The van der Waals surface area contributed by atoms with E-state index in [-0.39, 0.29) is 21.1 Å². The van der Waals surface area contributed by atoms with Crippen molar-refractivity contribution >= 4 is 0 Å². The number of nitrogens with zero attached hydrogens (tertiary/aromatic N) is 3. The molecule has 0 amide bonds. The van der Waals surface area contributed by atoms with Crippen LogP contribution < -0.4 is 0 Å². The quantitative estimate of drug-likeness (QED) is 0.761. The van der Waals surface area contributed by atoms with E-state index in [4.69, 9.17) is 0 Å². The molecule has 1 aromatic heterocycles. The Morgan fingerprint density at radius 1 is 1.36 bits per heavy atom. The molecule has 1 rings (SSSR count). The number of hydrogen-bond acceptors (Lipinski definition) is 3. The minimum absolute atomic E-state index is 0. The van der Waals surface area contributed by atoms with Crippen molar-refractivity contribution in [2.75, 3.05) is 0 Å². The van der Waals surface area contributed by atoms with Gasteiger partial charge in [-0.15, -0.1) is 0 Å². The van der Waals surface area contributed by atoms with E-state index >= 15 is 0 Å². The summed E-state index contributed by atoms with van der Waals surface area (Å²) in [6.07, 6.45) is 4.53. The van der Waals surface area contributed by atoms with Gasteiger partial charge in [-0.1, -0.05) is 20.3 Å². The monoisotopic (exact) mass is 320 g/mol. The van der Waals surface area contributed by atoms with E-state index < -0.39 is 0 Å². The normalized spacial score (nSPS) is 8.91. The molecule has 1 heterocycles. The van der Waals surface area contributed by atoms with Gasteiger partial charge >= 0.3 is 0 Å². The molecule has 0 radical (unpaired) electrons. The minimum atomic E-state index is 0. The Morgan fingerprint density at radius 3 is 2.64 bits per heavy atom. The Labute approximate surface area is 80.9 Å².